The Kier molecular flexibility index (Phi) is 4.15. The minimum atomic E-state index is -0.472. The summed E-state index contributed by atoms with van der Waals surface area (Å²) >= 11 is 1.58. The Morgan fingerprint density at radius 3 is 2.73 bits per heavy atom. The van der Waals surface area contributed by atoms with Crippen LogP contribution in [0.1, 0.15) is 10.4 Å². The highest BCUT2D eigenvalue weighted by atomic mass is 32.2. The van der Waals surface area contributed by atoms with Gasteiger partial charge in [-0.05, 0) is 12.1 Å². The van der Waals surface area contributed by atoms with E-state index in [4.69, 9.17) is 0 Å². The Bertz CT molecular complexity index is 686. The molecule has 0 bridgehead atoms. The van der Waals surface area contributed by atoms with Crippen LogP contribution in [0.25, 0.3) is 0 Å². The van der Waals surface area contributed by atoms with Gasteiger partial charge in [-0.3, -0.25) is 14.3 Å². The second-order valence-corrected chi connectivity index (χ2v) is 6.02. The van der Waals surface area contributed by atoms with Crippen LogP contribution in [-0.4, -0.2) is 44.2 Å². The fourth-order valence-corrected chi connectivity index (χ4v) is 3.45. The van der Waals surface area contributed by atoms with Crippen LogP contribution in [0.15, 0.2) is 42.6 Å². The van der Waals surface area contributed by atoms with Gasteiger partial charge in [0.1, 0.15) is 6.04 Å². The maximum absolute atomic E-state index is 12.5. The molecule has 1 aromatic carbocycles. The molecule has 1 N–H and O–H groups in total. The minimum Gasteiger partial charge on any atom is -0.317 e. The molecule has 0 radical (unpaired) electrons. The van der Waals surface area contributed by atoms with Crippen molar-refractivity contribution in [1.82, 2.24) is 14.7 Å². The van der Waals surface area contributed by atoms with E-state index in [0.717, 1.165) is 0 Å². The molecule has 1 saturated heterocycles. The number of carbonyl (C=O) groups is 2. The molecule has 2 aromatic rings. The Hall–Kier alpha value is -2.28. The third kappa shape index (κ3) is 2.99. The standard InChI is InChI=1S/C15H16N4O2S/c1-18-8-7-13(17-18)16-14(20)12-9-22-10-19(12)15(21)11-5-3-2-4-6-11/h2-8,12H,9-10H2,1H3,(H,16,17,20)/t12-/m1/s1. The quantitative estimate of drug-likeness (QED) is 0.933. The number of anilines is 1. The van der Waals surface area contributed by atoms with Crippen molar-refractivity contribution in [2.24, 2.45) is 7.05 Å². The maximum Gasteiger partial charge on any atom is 0.255 e. The topological polar surface area (TPSA) is 67.2 Å². The number of aromatic nitrogens is 2. The number of nitrogens with zero attached hydrogens (tertiary/aromatic N) is 3. The van der Waals surface area contributed by atoms with Gasteiger partial charge in [-0.15, -0.1) is 11.8 Å². The van der Waals surface area contributed by atoms with Gasteiger partial charge in [0, 0.05) is 30.6 Å². The first-order chi connectivity index (χ1) is 10.6. The summed E-state index contributed by atoms with van der Waals surface area (Å²) in [5.74, 6) is 1.29. The number of aryl methyl sites for hydroxylation is 1. The van der Waals surface area contributed by atoms with Gasteiger partial charge in [-0.25, -0.2) is 0 Å². The molecule has 0 spiro atoms. The Balaban J connectivity index is 1.72. The Labute approximate surface area is 132 Å². The smallest absolute Gasteiger partial charge is 0.255 e. The summed E-state index contributed by atoms with van der Waals surface area (Å²) in [5, 5.41) is 6.89. The molecule has 114 valence electrons. The molecule has 1 aliphatic rings. The van der Waals surface area contributed by atoms with Crippen molar-refractivity contribution in [2.75, 3.05) is 16.9 Å². The summed E-state index contributed by atoms with van der Waals surface area (Å²) in [5.41, 5.74) is 0.598. The molecule has 1 fully saturated rings. The fraction of sp³-hybridized carbons (Fsp3) is 0.267. The lowest BCUT2D eigenvalue weighted by molar-refractivity contribution is -0.119. The van der Waals surface area contributed by atoms with Gasteiger partial charge >= 0.3 is 0 Å². The van der Waals surface area contributed by atoms with Gasteiger partial charge in [-0.1, -0.05) is 18.2 Å². The van der Waals surface area contributed by atoms with Crippen molar-refractivity contribution >= 4 is 29.4 Å². The van der Waals surface area contributed by atoms with Gasteiger partial charge in [0.05, 0.1) is 5.88 Å². The summed E-state index contributed by atoms with van der Waals surface area (Å²) in [6.45, 7) is 0. The predicted octanol–water partition coefficient (Wildman–Crippen LogP) is 1.57. The van der Waals surface area contributed by atoms with Gasteiger partial charge in [0.15, 0.2) is 5.82 Å². The second kappa shape index (κ2) is 6.23. The number of hydrogen-bond acceptors (Lipinski definition) is 4. The summed E-state index contributed by atoms with van der Waals surface area (Å²) in [7, 11) is 1.78. The molecule has 2 amide bonds. The molecule has 6 nitrogen and oxygen atoms in total. The first-order valence-electron chi connectivity index (χ1n) is 6.89. The summed E-state index contributed by atoms with van der Waals surface area (Å²) in [6.07, 6.45) is 1.76. The van der Waals surface area contributed by atoms with E-state index < -0.39 is 6.04 Å². The van der Waals surface area contributed by atoms with Crippen molar-refractivity contribution in [3.05, 3.63) is 48.2 Å². The fourth-order valence-electron chi connectivity index (χ4n) is 2.30. The molecular weight excluding hydrogens is 300 g/mol. The number of rotatable bonds is 3. The Morgan fingerprint density at radius 1 is 1.27 bits per heavy atom. The van der Waals surface area contributed by atoms with Crippen LogP contribution in [0.2, 0.25) is 0 Å². The van der Waals surface area contributed by atoms with Crippen molar-refractivity contribution in [3.63, 3.8) is 0 Å². The summed E-state index contributed by atoms with van der Waals surface area (Å²) in [4.78, 5) is 26.5. The van der Waals surface area contributed by atoms with Gasteiger partial charge in [0.2, 0.25) is 5.91 Å². The zero-order valence-corrected chi connectivity index (χ0v) is 12.9. The van der Waals surface area contributed by atoms with E-state index in [9.17, 15) is 9.59 Å². The molecule has 0 unspecified atom stereocenters. The molecule has 1 aliphatic heterocycles. The lowest BCUT2D eigenvalue weighted by Gasteiger charge is -2.22. The molecular formula is C15H16N4O2S. The van der Waals surface area contributed by atoms with Gasteiger partial charge in [0.25, 0.3) is 5.91 Å². The van der Waals surface area contributed by atoms with Crippen molar-refractivity contribution < 1.29 is 9.59 Å². The average molecular weight is 316 g/mol. The maximum atomic E-state index is 12.5. The lowest BCUT2D eigenvalue weighted by atomic mass is 10.1. The highest BCUT2D eigenvalue weighted by Gasteiger charge is 2.35. The zero-order chi connectivity index (χ0) is 15.5. The first kappa shape index (κ1) is 14.6. The zero-order valence-electron chi connectivity index (χ0n) is 12.1. The largest absolute Gasteiger partial charge is 0.317 e. The van der Waals surface area contributed by atoms with Crippen LogP contribution in [0.5, 0.6) is 0 Å². The molecule has 0 saturated carbocycles. The van der Waals surface area contributed by atoms with Crippen LogP contribution >= 0.6 is 11.8 Å². The number of carbonyl (C=O) groups excluding carboxylic acids is 2. The normalized spacial score (nSPS) is 17.5. The molecule has 0 aliphatic carbocycles. The van der Waals surface area contributed by atoms with Crippen LogP contribution in [0.4, 0.5) is 5.82 Å². The minimum absolute atomic E-state index is 0.119. The first-order valence-corrected chi connectivity index (χ1v) is 8.05. The van der Waals surface area contributed by atoms with Crippen molar-refractivity contribution in [2.45, 2.75) is 6.04 Å². The molecule has 1 atom stereocenters. The van der Waals surface area contributed by atoms with E-state index in [2.05, 4.69) is 10.4 Å². The van der Waals surface area contributed by atoms with E-state index >= 15 is 0 Å². The van der Waals surface area contributed by atoms with Gasteiger partial charge in [-0.2, -0.15) is 5.10 Å². The van der Waals surface area contributed by atoms with Crippen LogP contribution < -0.4 is 5.32 Å². The lowest BCUT2D eigenvalue weighted by Crippen LogP contribution is -2.44. The van der Waals surface area contributed by atoms with Crippen LogP contribution in [0.3, 0.4) is 0 Å². The number of thioether (sulfide) groups is 1. The molecule has 2 heterocycles. The van der Waals surface area contributed by atoms with E-state index in [1.807, 2.05) is 18.2 Å². The van der Waals surface area contributed by atoms with Crippen LogP contribution in [0, 0.1) is 0 Å². The highest BCUT2D eigenvalue weighted by Crippen LogP contribution is 2.24. The number of nitrogens with one attached hydrogen (secondary N) is 1. The second-order valence-electron chi connectivity index (χ2n) is 5.02. The number of hydrogen-bond donors (Lipinski definition) is 1. The number of benzene rings is 1. The van der Waals surface area contributed by atoms with Gasteiger partial charge < -0.3 is 10.2 Å². The van der Waals surface area contributed by atoms with E-state index in [0.29, 0.717) is 23.0 Å². The predicted molar refractivity (Wildman–Crippen MR) is 85.6 cm³/mol. The van der Waals surface area contributed by atoms with Crippen molar-refractivity contribution in [3.8, 4) is 0 Å². The van der Waals surface area contributed by atoms with Crippen LogP contribution in [-0.2, 0) is 11.8 Å². The highest BCUT2D eigenvalue weighted by molar-refractivity contribution is 7.99. The van der Waals surface area contributed by atoms with E-state index in [1.54, 1.807) is 52.8 Å². The SMILES string of the molecule is Cn1ccc(NC(=O)[C@H]2CSCN2C(=O)c2ccccc2)n1. The summed E-state index contributed by atoms with van der Waals surface area (Å²) < 4.78 is 1.62. The third-order valence-corrected chi connectivity index (χ3v) is 4.44. The van der Waals surface area contributed by atoms with E-state index in [1.165, 1.54) is 0 Å². The molecule has 1 aromatic heterocycles. The Morgan fingerprint density at radius 2 is 2.05 bits per heavy atom. The van der Waals surface area contributed by atoms with E-state index in [-0.39, 0.29) is 11.8 Å². The summed E-state index contributed by atoms with van der Waals surface area (Å²) in [6, 6.07) is 10.3. The third-order valence-electron chi connectivity index (χ3n) is 3.43. The number of amides is 2. The molecule has 7 heteroatoms. The molecule has 3 rings (SSSR count). The average Bonchev–Trinajstić information content (AvgIpc) is 3.16. The van der Waals surface area contributed by atoms with Crippen molar-refractivity contribution in [1.29, 1.82) is 0 Å². The monoisotopic (exact) mass is 316 g/mol. The molecule has 22 heavy (non-hydrogen) atoms.